The van der Waals surface area contributed by atoms with E-state index in [2.05, 4.69) is 17.2 Å². The van der Waals surface area contributed by atoms with E-state index in [-0.39, 0.29) is 29.7 Å². The highest BCUT2D eigenvalue weighted by Gasteiger charge is 2.52. The molecule has 1 aromatic heterocycles. The van der Waals surface area contributed by atoms with Gasteiger partial charge in [-0.15, -0.1) is 0 Å². The zero-order valence-corrected chi connectivity index (χ0v) is 15.7. The Morgan fingerprint density at radius 3 is 2.35 bits per heavy atom. The van der Waals surface area contributed by atoms with Crippen LogP contribution in [0.2, 0.25) is 0 Å². The van der Waals surface area contributed by atoms with Crippen LogP contribution in [-0.4, -0.2) is 45.5 Å². The van der Waals surface area contributed by atoms with Crippen LogP contribution in [0.25, 0.3) is 0 Å². The van der Waals surface area contributed by atoms with E-state index < -0.39 is 11.6 Å². The third kappa shape index (κ3) is 2.85. The van der Waals surface area contributed by atoms with E-state index in [1.165, 1.54) is 6.92 Å². The van der Waals surface area contributed by atoms with E-state index in [0.29, 0.717) is 35.6 Å². The highest BCUT2D eigenvalue weighted by atomic mass is 16.2. The van der Waals surface area contributed by atoms with Gasteiger partial charge in [0.1, 0.15) is 5.54 Å². The molecule has 2 heterocycles. The second kappa shape index (κ2) is 6.37. The van der Waals surface area contributed by atoms with Crippen LogP contribution in [0.4, 0.5) is 4.79 Å². The van der Waals surface area contributed by atoms with Crippen molar-refractivity contribution in [3.05, 3.63) is 22.5 Å². The second-order valence-corrected chi connectivity index (χ2v) is 7.69. The van der Waals surface area contributed by atoms with Gasteiger partial charge in [0.05, 0.1) is 12.2 Å². The van der Waals surface area contributed by atoms with Crippen LogP contribution < -0.4 is 5.32 Å². The number of carbonyl (C=O) groups excluding carboxylic acids is 4. The van der Waals surface area contributed by atoms with Gasteiger partial charge >= 0.3 is 6.03 Å². The average Bonchev–Trinajstić information content (AvgIpc) is 2.99. The second-order valence-electron chi connectivity index (χ2n) is 7.69. The normalized spacial score (nSPS) is 25.7. The summed E-state index contributed by atoms with van der Waals surface area (Å²) in [7, 11) is 0. The van der Waals surface area contributed by atoms with Crippen LogP contribution in [0.5, 0.6) is 0 Å². The Bertz CT molecular complexity index is 800. The Morgan fingerprint density at radius 2 is 1.81 bits per heavy atom. The van der Waals surface area contributed by atoms with E-state index in [0.717, 1.165) is 17.7 Å². The minimum absolute atomic E-state index is 0.124. The van der Waals surface area contributed by atoms with Crippen LogP contribution >= 0.6 is 0 Å². The Balaban J connectivity index is 1.80. The number of hydrogen-bond acceptors (Lipinski definition) is 4. The molecule has 3 rings (SSSR count). The first kappa shape index (κ1) is 18.4. The number of nitrogens with one attached hydrogen (secondary N) is 2. The van der Waals surface area contributed by atoms with Crippen molar-refractivity contribution in [3.8, 4) is 0 Å². The monoisotopic (exact) mass is 359 g/mol. The number of imide groups is 1. The summed E-state index contributed by atoms with van der Waals surface area (Å²) in [4.78, 5) is 53.6. The van der Waals surface area contributed by atoms with Crippen molar-refractivity contribution in [3.63, 3.8) is 0 Å². The summed E-state index contributed by atoms with van der Waals surface area (Å²) in [5.74, 6) is -0.269. The number of ketones is 2. The zero-order valence-electron chi connectivity index (χ0n) is 15.7. The number of aryl methyl sites for hydroxylation is 1. The van der Waals surface area contributed by atoms with Crippen molar-refractivity contribution in [2.45, 2.75) is 58.9 Å². The SMILES string of the molecule is CC(=O)c1c(C)[nH]c(C(=O)CN2C(=O)NC3(CCC(C)CC3)C2=O)c1C. The molecule has 7 nitrogen and oxygen atoms in total. The number of aromatic amines is 1. The fourth-order valence-electron chi connectivity index (χ4n) is 4.19. The highest BCUT2D eigenvalue weighted by Crippen LogP contribution is 2.36. The summed E-state index contributed by atoms with van der Waals surface area (Å²) >= 11 is 0. The van der Waals surface area contributed by atoms with Crippen LogP contribution in [0.3, 0.4) is 0 Å². The molecule has 140 valence electrons. The molecule has 1 aromatic rings. The first-order valence-electron chi connectivity index (χ1n) is 9.03. The van der Waals surface area contributed by atoms with E-state index in [9.17, 15) is 19.2 Å². The van der Waals surface area contributed by atoms with E-state index in [1.807, 2.05) is 0 Å². The number of H-pyrrole nitrogens is 1. The molecule has 0 bridgehead atoms. The Morgan fingerprint density at radius 1 is 1.19 bits per heavy atom. The topological polar surface area (TPSA) is 99.3 Å². The Kier molecular flexibility index (Phi) is 4.50. The minimum atomic E-state index is -0.852. The molecule has 2 fully saturated rings. The maximum Gasteiger partial charge on any atom is 0.325 e. The fraction of sp³-hybridized carbons (Fsp3) is 0.579. The molecule has 1 aliphatic heterocycles. The van der Waals surface area contributed by atoms with Gasteiger partial charge < -0.3 is 10.3 Å². The van der Waals surface area contributed by atoms with Gasteiger partial charge in [-0.25, -0.2) is 4.79 Å². The summed E-state index contributed by atoms with van der Waals surface area (Å²) in [5.41, 5.74) is 1.10. The van der Waals surface area contributed by atoms with Gasteiger partial charge in [0, 0.05) is 11.3 Å². The lowest BCUT2D eigenvalue weighted by Crippen LogP contribution is -2.49. The van der Waals surface area contributed by atoms with E-state index >= 15 is 0 Å². The summed E-state index contributed by atoms with van der Waals surface area (Å²) < 4.78 is 0. The lowest BCUT2D eigenvalue weighted by Gasteiger charge is -2.33. The standard InChI is InChI=1S/C19H25N3O4/c1-10-5-7-19(8-6-10)17(25)22(18(26)21-19)9-14(24)16-11(2)15(13(4)23)12(3)20-16/h10,20H,5-9H2,1-4H3,(H,21,26). The van der Waals surface area contributed by atoms with Crippen molar-refractivity contribution >= 4 is 23.5 Å². The quantitative estimate of drug-likeness (QED) is 0.637. The maximum atomic E-state index is 12.9. The fourth-order valence-corrected chi connectivity index (χ4v) is 4.19. The van der Waals surface area contributed by atoms with Crippen LogP contribution in [-0.2, 0) is 4.79 Å². The van der Waals surface area contributed by atoms with Crippen LogP contribution in [0, 0.1) is 19.8 Å². The number of nitrogens with zero attached hydrogens (tertiary/aromatic N) is 1. The summed E-state index contributed by atoms with van der Waals surface area (Å²) in [6.07, 6.45) is 2.98. The lowest BCUT2D eigenvalue weighted by molar-refractivity contribution is -0.132. The molecular formula is C19H25N3O4. The zero-order chi connectivity index (χ0) is 19.2. The number of aromatic nitrogens is 1. The van der Waals surface area contributed by atoms with Gasteiger partial charge in [-0.05, 0) is 57.9 Å². The largest absolute Gasteiger partial charge is 0.355 e. The summed E-state index contributed by atoms with van der Waals surface area (Å²) in [5, 5.41) is 2.82. The molecule has 0 unspecified atom stereocenters. The van der Waals surface area contributed by atoms with Gasteiger partial charge in [-0.3, -0.25) is 19.3 Å². The van der Waals surface area contributed by atoms with Crippen molar-refractivity contribution in [2.24, 2.45) is 5.92 Å². The number of rotatable bonds is 4. The predicted molar refractivity (Wildman–Crippen MR) is 95.2 cm³/mol. The smallest absolute Gasteiger partial charge is 0.325 e. The first-order valence-corrected chi connectivity index (χ1v) is 9.03. The van der Waals surface area contributed by atoms with E-state index in [4.69, 9.17) is 0 Å². The minimum Gasteiger partial charge on any atom is -0.355 e. The third-order valence-corrected chi connectivity index (χ3v) is 5.74. The maximum absolute atomic E-state index is 12.9. The average molecular weight is 359 g/mol. The van der Waals surface area contributed by atoms with Crippen molar-refractivity contribution in [1.82, 2.24) is 15.2 Å². The summed E-state index contributed by atoms with van der Waals surface area (Å²) in [6, 6.07) is -0.509. The molecule has 0 radical (unpaired) electrons. The molecule has 26 heavy (non-hydrogen) atoms. The third-order valence-electron chi connectivity index (χ3n) is 5.74. The number of urea groups is 1. The summed E-state index contributed by atoms with van der Waals surface area (Å²) in [6.45, 7) is 6.69. The number of hydrogen-bond donors (Lipinski definition) is 2. The van der Waals surface area contributed by atoms with Crippen molar-refractivity contribution in [2.75, 3.05) is 6.54 Å². The molecule has 0 atom stereocenters. The highest BCUT2D eigenvalue weighted by molar-refractivity contribution is 6.12. The van der Waals surface area contributed by atoms with Gasteiger partial charge in [0.15, 0.2) is 11.6 Å². The molecule has 0 aromatic carbocycles. The van der Waals surface area contributed by atoms with Crippen LogP contribution in [0.1, 0.15) is 71.6 Å². The first-order chi connectivity index (χ1) is 12.2. The Labute approximate surface area is 152 Å². The Hall–Kier alpha value is -2.44. The lowest BCUT2D eigenvalue weighted by atomic mass is 9.77. The number of Topliss-reactive ketones (excluding diaryl/α,β-unsaturated/α-hetero) is 2. The predicted octanol–water partition coefficient (Wildman–Crippen LogP) is 2.52. The molecule has 2 N–H and O–H groups in total. The molecule has 1 aliphatic carbocycles. The molecule has 1 spiro atoms. The van der Waals surface area contributed by atoms with Crippen molar-refractivity contribution in [1.29, 1.82) is 0 Å². The molecule has 1 saturated heterocycles. The van der Waals surface area contributed by atoms with Gasteiger partial charge in [0.2, 0.25) is 0 Å². The molecule has 7 heteroatoms. The van der Waals surface area contributed by atoms with Gasteiger partial charge in [-0.1, -0.05) is 6.92 Å². The van der Waals surface area contributed by atoms with Crippen LogP contribution in [0.15, 0.2) is 0 Å². The van der Waals surface area contributed by atoms with Gasteiger partial charge in [-0.2, -0.15) is 0 Å². The van der Waals surface area contributed by atoms with Gasteiger partial charge in [0.25, 0.3) is 5.91 Å². The molecule has 2 aliphatic rings. The molecule has 3 amide bonds. The number of amides is 3. The molecule has 1 saturated carbocycles. The van der Waals surface area contributed by atoms with Crippen molar-refractivity contribution < 1.29 is 19.2 Å². The number of carbonyl (C=O) groups is 4. The molecular weight excluding hydrogens is 334 g/mol. The van der Waals surface area contributed by atoms with E-state index in [1.54, 1.807) is 13.8 Å².